The van der Waals surface area contributed by atoms with Gasteiger partial charge in [-0.3, -0.25) is 4.90 Å². The molecular weight excluding hydrogens is 644 g/mol. The van der Waals surface area contributed by atoms with Gasteiger partial charge < -0.3 is 19.5 Å². The molecule has 0 aliphatic carbocycles. The maximum atomic E-state index is 13.1. The molecule has 2 aliphatic rings. The van der Waals surface area contributed by atoms with Crippen LogP contribution in [0.1, 0.15) is 34.3 Å². The second-order valence-electron chi connectivity index (χ2n) is 9.92. The van der Waals surface area contributed by atoms with Crippen molar-refractivity contribution >= 4 is 29.5 Å². The first kappa shape index (κ1) is 32.4. The van der Waals surface area contributed by atoms with Crippen LogP contribution in [0.2, 0.25) is 5.02 Å². The van der Waals surface area contributed by atoms with Crippen LogP contribution >= 0.6 is 11.6 Å². The highest BCUT2D eigenvalue weighted by molar-refractivity contribution is 6.30. The van der Waals surface area contributed by atoms with E-state index in [1.54, 1.807) is 36.4 Å². The van der Waals surface area contributed by atoms with E-state index in [-0.39, 0.29) is 19.1 Å². The van der Waals surface area contributed by atoms with Crippen LogP contribution in [0.3, 0.4) is 0 Å². The molecule has 6 rings (SSSR count). The number of alkyl halides is 6. The molecule has 0 unspecified atom stereocenters. The van der Waals surface area contributed by atoms with E-state index in [0.29, 0.717) is 27.6 Å². The largest absolute Gasteiger partial charge is 0.447 e. The number of carbonyl (C=O) groups is 2. The number of nitrogens with one attached hydrogen (secondary N) is 1. The number of nitrogens with zero attached hydrogens (tertiary/aromatic N) is 2. The van der Waals surface area contributed by atoms with E-state index in [2.05, 4.69) is 15.0 Å². The number of rotatable bonds is 5. The highest BCUT2D eigenvalue weighted by atomic mass is 35.5. The number of hydrogen-bond acceptors (Lipinski definition) is 6. The summed E-state index contributed by atoms with van der Waals surface area (Å²) in [4.78, 5) is 28.5. The number of carbonyl (C=O) groups excluding carboxylic acids is 2. The molecule has 4 aromatic rings. The first-order chi connectivity index (χ1) is 21.8. The van der Waals surface area contributed by atoms with Gasteiger partial charge >= 0.3 is 24.5 Å². The van der Waals surface area contributed by atoms with Crippen LogP contribution in [-0.4, -0.2) is 30.4 Å². The Kier molecular flexibility index (Phi) is 9.28. The number of alkyl carbamates (subject to hydrolysis) is 1. The topological polar surface area (TPSA) is 90.0 Å². The summed E-state index contributed by atoms with van der Waals surface area (Å²) >= 11 is 5.84. The Balaban J connectivity index is 0.000000219. The van der Waals surface area contributed by atoms with Crippen molar-refractivity contribution in [3.05, 3.63) is 118 Å². The molecule has 240 valence electrons. The highest BCUT2D eigenvalue weighted by Crippen LogP contribution is 2.37. The SMILES string of the molecule is O=C1N[C@@H](c2cccc(C(F)(F)F)c2)CO1.O=C1OC[C@H](c2cccc(C(F)(F)F)c2)N1c1ccc(Oc2ccc(Cl)cc2)nc1. The number of ether oxygens (including phenoxy) is 3. The van der Waals surface area contributed by atoms with E-state index >= 15 is 0 Å². The fraction of sp³-hybridized carbons (Fsp3) is 0.194. The van der Waals surface area contributed by atoms with Crippen LogP contribution in [0.5, 0.6) is 11.6 Å². The average molecular weight is 666 g/mol. The smallest absolute Gasteiger partial charge is 0.416 e. The number of benzene rings is 3. The van der Waals surface area contributed by atoms with Gasteiger partial charge in [0.15, 0.2) is 0 Å². The molecule has 2 saturated heterocycles. The van der Waals surface area contributed by atoms with Crippen LogP contribution < -0.4 is 15.0 Å². The molecule has 2 atom stereocenters. The van der Waals surface area contributed by atoms with Crippen molar-refractivity contribution in [2.75, 3.05) is 18.1 Å². The number of anilines is 1. The average Bonchev–Trinajstić information content (AvgIpc) is 3.64. The van der Waals surface area contributed by atoms with Crippen LogP contribution in [-0.2, 0) is 21.8 Å². The number of hydrogen-bond donors (Lipinski definition) is 1. The third-order valence-corrected chi connectivity index (χ3v) is 7.05. The summed E-state index contributed by atoms with van der Waals surface area (Å²) in [5, 5.41) is 2.99. The van der Waals surface area contributed by atoms with Gasteiger partial charge in [0.05, 0.1) is 35.1 Å². The molecule has 2 fully saturated rings. The molecule has 0 bridgehead atoms. The lowest BCUT2D eigenvalue weighted by Crippen LogP contribution is -2.27. The third kappa shape index (κ3) is 7.80. The minimum Gasteiger partial charge on any atom is -0.447 e. The lowest BCUT2D eigenvalue weighted by atomic mass is 10.0. The minimum absolute atomic E-state index is 0.0557. The molecule has 3 aromatic carbocycles. The van der Waals surface area contributed by atoms with E-state index in [1.165, 1.54) is 35.4 Å². The Labute approximate surface area is 262 Å². The van der Waals surface area contributed by atoms with Crippen molar-refractivity contribution in [2.24, 2.45) is 0 Å². The second kappa shape index (κ2) is 13.2. The highest BCUT2D eigenvalue weighted by Gasteiger charge is 2.38. The normalized spacial score (nSPS) is 17.8. The molecule has 1 aromatic heterocycles. The zero-order valence-corrected chi connectivity index (χ0v) is 24.1. The maximum Gasteiger partial charge on any atom is 0.416 e. The van der Waals surface area contributed by atoms with Crippen molar-refractivity contribution in [1.82, 2.24) is 10.3 Å². The Morgan fingerprint density at radius 3 is 2.00 bits per heavy atom. The number of aromatic nitrogens is 1. The zero-order chi connectivity index (χ0) is 33.1. The molecule has 1 N–H and O–H groups in total. The lowest BCUT2D eigenvalue weighted by molar-refractivity contribution is -0.138. The molecule has 8 nitrogen and oxygen atoms in total. The van der Waals surface area contributed by atoms with E-state index in [4.69, 9.17) is 21.1 Å². The lowest BCUT2D eigenvalue weighted by Gasteiger charge is -2.22. The van der Waals surface area contributed by atoms with Gasteiger partial charge in [-0.1, -0.05) is 35.9 Å². The molecule has 0 saturated carbocycles. The van der Waals surface area contributed by atoms with Gasteiger partial charge in [-0.2, -0.15) is 26.3 Å². The third-order valence-electron chi connectivity index (χ3n) is 6.80. The van der Waals surface area contributed by atoms with Crippen LogP contribution in [0.15, 0.2) is 91.1 Å². The predicted molar refractivity (Wildman–Crippen MR) is 152 cm³/mol. The maximum absolute atomic E-state index is 13.1. The number of amides is 2. The monoisotopic (exact) mass is 665 g/mol. The van der Waals surface area contributed by atoms with Gasteiger partial charge in [0.1, 0.15) is 19.0 Å². The summed E-state index contributed by atoms with van der Waals surface area (Å²) in [5.74, 6) is 0.811. The molecule has 46 heavy (non-hydrogen) atoms. The van der Waals surface area contributed by atoms with Gasteiger partial charge in [0.25, 0.3) is 0 Å². The summed E-state index contributed by atoms with van der Waals surface area (Å²) in [7, 11) is 0. The van der Waals surface area contributed by atoms with Crippen molar-refractivity contribution in [1.29, 1.82) is 0 Å². The molecule has 3 heterocycles. The van der Waals surface area contributed by atoms with Crippen molar-refractivity contribution < 1.29 is 50.1 Å². The van der Waals surface area contributed by atoms with Gasteiger partial charge in [0, 0.05) is 11.1 Å². The summed E-state index contributed by atoms with van der Waals surface area (Å²) in [5.41, 5.74) is -0.434. The summed E-state index contributed by atoms with van der Waals surface area (Å²) < 4.78 is 91.7. The van der Waals surface area contributed by atoms with E-state index in [9.17, 15) is 35.9 Å². The Morgan fingerprint density at radius 2 is 1.43 bits per heavy atom. The first-order valence-corrected chi connectivity index (χ1v) is 13.8. The van der Waals surface area contributed by atoms with Crippen molar-refractivity contribution in [2.45, 2.75) is 24.4 Å². The van der Waals surface area contributed by atoms with E-state index in [0.717, 1.165) is 24.3 Å². The number of pyridine rings is 1. The van der Waals surface area contributed by atoms with Gasteiger partial charge in [-0.15, -0.1) is 0 Å². The molecule has 0 radical (unpaired) electrons. The van der Waals surface area contributed by atoms with Gasteiger partial charge in [-0.25, -0.2) is 14.6 Å². The Morgan fingerprint density at radius 1 is 0.804 bits per heavy atom. The Bertz CT molecular complexity index is 1700. The quantitative estimate of drug-likeness (QED) is 0.215. The van der Waals surface area contributed by atoms with Crippen molar-refractivity contribution in [3.63, 3.8) is 0 Å². The van der Waals surface area contributed by atoms with Crippen LogP contribution in [0.25, 0.3) is 0 Å². The first-order valence-electron chi connectivity index (χ1n) is 13.4. The predicted octanol–water partition coefficient (Wildman–Crippen LogP) is 8.73. The summed E-state index contributed by atoms with van der Waals surface area (Å²) in [6.07, 6.45) is -8.72. The molecule has 2 amide bonds. The molecule has 15 heteroatoms. The molecular formula is C31H22ClF6N3O5. The van der Waals surface area contributed by atoms with Crippen LogP contribution in [0.4, 0.5) is 41.6 Å². The Hall–Kier alpha value is -4.98. The van der Waals surface area contributed by atoms with Crippen molar-refractivity contribution in [3.8, 4) is 11.6 Å². The summed E-state index contributed by atoms with van der Waals surface area (Å²) in [6, 6.07) is 18.3. The standard InChI is InChI=1S/C21H14ClF3N2O3.C10H8F3NO2/c22-15-4-7-17(8-5-15)30-19-9-6-16(11-26-19)27-18(12-29-20(27)28)13-2-1-3-14(10-13)21(23,24)25;11-10(12,13)7-3-1-2-6(4-7)8-5-16-9(15)14-8/h1-11,18H,12H2;1-4,8H,5H2,(H,14,15)/t18-;8-/m11/s1. The fourth-order valence-corrected chi connectivity index (χ4v) is 4.70. The molecule has 0 spiro atoms. The van der Waals surface area contributed by atoms with Crippen LogP contribution in [0, 0.1) is 0 Å². The van der Waals surface area contributed by atoms with E-state index in [1.807, 2.05) is 0 Å². The molecule has 2 aliphatic heterocycles. The van der Waals surface area contributed by atoms with E-state index < -0.39 is 47.7 Å². The number of halogens is 7. The summed E-state index contributed by atoms with van der Waals surface area (Å²) in [6.45, 7) is -0.0106. The fourth-order valence-electron chi connectivity index (χ4n) is 4.57. The zero-order valence-electron chi connectivity index (χ0n) is 23.3. The second-order valence-corrected chi connectivity index (χ2v) is 10.4. The van der Waals surface area contributed by atoms with Gasteiger partial charge in [0.2, 0.25) is 5.88 Å². The minimum atomic E-state index is -4.48. The van der Waals surface area contributed by atoms with Gasteiger partial charge in [-0.05, 0) is 65.7 Å². The number of cyclic esters (lactones) is 2.